The van der Waals surface area contributed by atoms with Gasteiger partial charge in [-0.2, -0.15) is 0 Å². The summed E-state index contributed by atoms with van der Waals surface area (Å²) in [7, 11) is 0. The van der Waals surface area contributed by atoms with Gasteiger partial charge >= 0.3 is 17.9 Å². The molecule has 3 saturated heterocycles. The maximum absolute atomic E-state index is 13.0. The predicted molar refractivity (Wildman–Crippen MR) is 88.7 cm³/mol. The van der Waals surface area contributed by atoms with Gasteiger partial charge in [0.05, 0.1) is 17.6 Å². The lowest BCUT2D eigenvalue weighted by molar-refractivity contribution is -0.268. The summed E-state index contributed by atoms with van der Waals surface area (Å²) in [5, 5.41) is 10.9. The van der Waals surface area contributed by atoms with Crippen molar-refractivity contribution in [3.05, 3.63) is 0 Å². The molecule has 3 aliphatic heterocycles. The van der Waals surface area contributed by atoms with E-state index < -0.39 is 70.3 Å². The Morgan fingerprint density at radius 3 is 2.36 bits per heavy atom. The topological polar surface area (TPSA) is 124 Å². The van der Waals surface area contributed by atoms with E-state index in [1.54, 1.807) is 13.8 Å². The molecule has 2 saturated carbocycles. The summed E-state index contributed by atoms with van der Waals surface area (Å²) in [6.45, 7) is 7.82. The maximum Gasteiger partial charge on any atom is 0.314 e. The third-order valence-corrected chi connectivity index (χ3v) is 7.49. The number of epoxide rings is 2. The highest BCUT2D eigenvalue weighted by atomic mass is 16.7. The molecule has 0 aromatic heterocycles. The number of carbonyl (C=O) groups excluding carboxylic acids is 3. The Morgan fingerprint density at radius 1 is 1.21 bits per heavy atom. The molecular formula is C19H24O9. The van der Waals surface area contributed by atoms with Crippen molar-refractivity contribution in [2.45, 2.75) is 75.8 Å². The minimum Gasteiger partial charge on any atom is -0.458 e. The normalized spacial score (nSPS) is 52.6. The smallest absolute Gasteiger partial charge is 0.314 e. The highest BCUT2D eigenvalue weighted by Gasteiger charge is 2.97. The van der Waals surface area contributed by atoms with E-state index in [0.717, 1.165) is 0 Å². The third-order valence-electron chi connectivity index (χ3n) is 7.49. The first-order valence-corrected chi connectivity index (χ1v) is 9.51. The number of carbonyl (C=O) groups is 3. The minimum absolute atomic E-state index is 0.340. The average Bonchev–Trinajstić information content (AvgIpc) is 3.41. The molecule has 5 fully saturated rings. The second-order valence-electron chi connectivity index (χ2n) is 9.33. The van der Waals surface area contributed by atoms with Crippen molar-refractivity contribution in [3.8, 4) is 0 Å². The van der Waals surface area contributed by atoms with Crippen molar-refractivity contribution in [1.82, 2.24) is 0 Å². The average molecular weight is 396 g/mol. The van der Waals surface area contributed by atoms with E-state index in [9.17, 15) is 19.5 Å². The van der Waals surface area contributed by atoms with Crippen LogP contribution in [-0.4, -0.2) is 70.8 Å². The molecule has 3 heterocycles. The van der Waals surface area contributed by atoms with Gasteiger partial charge in [-0.15, -0.1) is 0 Å². The molecule has 0 amide bonds. The van der Waals surface area contributed by atoms with Crippen molar-refractivity contribution in [3.63, 3.8) is 0 Å². The fraction of sp³-hybridized carbons (Fsp3) is 0.842. The predicted octanol–water partition coefficient (Wildman–Crippen LogP) is -0.281. The molecule has 28 heavy (non-hydrogen) atoms. The van der Waals surface area contributed by atoms with Crippen LogP contribution in [0.1, 0.15) is 34.6 Å². The van der Waals surface area contributed by atoms with Gasteiger partial charge in [0.2, 0.25) is 0 Å². The summed E-state index contributed by atoms with van der Waals surface area (Å²) in [6.07, 6.45) is -2.80. The summed E-state index contributed by atoms with van der Waals surface area (Å²) in [4.78, 5) is 37.3. The van der Waals surface area contributed by atoms with Crippen LogP contribution in [0.4, 0.5) is 0 Å². The molecule has 5 rings (SSSR count). The molecule has 0 radical (unpaired) electrons. The van der Waals surface area contributed by atoms with Crippen LogP contribution >= 0.6 is 0 Å². The van der Waals surface area contributed by atoms with Gasteiger partial charge in [0.25, 0.3) is 0 Å². The van der Waals surface area contributed by atoms with E-state index in [-0.39, 0.29) is 6.10 Å². The van der Waals surface area contributed by atoms with Gasteiger partial charge in [-0.05, 0) is 20.8 Å². The summed E-state index contributed by atoms with van der Waals surface area (Å²) >= 11 is 0. The van der Waals surface area contributed by atoms with Crippen LogP contribution in [-0.2, 0) is 38.1 Å². The van der Waals surface area contributed by atoms with Crippen molar-refractivity contribution < 1.29 is 43.2 Å². The number of ether oxygens (including phenoxy) is 5. The second-order valence-corrected chi connectivity index (χ2v) is 9.33. The number of hydrogen-bond donors (Lipinski definition) is 1. The number of hydrogen-bond acceptors (Lipinski definition) is 9. The Hall–Kier alpha value is -1.71. The summed E-state index contributed by atoms with van der Waals surface area (Å²) in [5.74, 6) is -3.46. The van der Waals surface area contributed by atoms with Crippen LogP contribution in [0.3, 0.4) is 0 Å². The largest absolute Gasteiger partial charge is 0.458 e. The van der Waals surface area contributed by atoms with Gasteiger partial charge in [-0.25, -0.2) is 0 Å². The van der Waals surface area contributed by atoms with Crippen molar-refractivity contribution in [1.29, 1.82) is 0 Å². The summed E-state index contributed by atoms with van der Waals surface area (Å²) in [6, 6.07) is 0. The van der Waals surface area contributed by atoms with Crippen LogP contribution in [0.15, 0.2) is 0 Å². The molecule has 154 valence electrons. The lowest BCUT2D eigenvalue weighted by Gasteiger charge is -2.57. The zero-order valence-corrected chi connectivity index (χ0v) is 16.4. The second kappa shape index (κ2) is 4.88. The van der Waals surface area contributed by atoms with E-state index in [0.29, 0.717) is 6.61 Å². The maximum atomic E-state index is 13.0. The molecule has 9 heteroatoms. The SMILES string of the molecule is CC(=O)O[C@H]1C2OC(=O)C(C2C(C)(C)O)[C@]2(OC(C)=O)[C@H]3O[C@H]3[C@]3(CO3)[C@]12C. The lowest BCUT2D eigenvalue weighted by atomic mass is 9.51. The first kappa shape index (κ1) is 18.3. The Bertz CT molecular complexity index is 796. The van der Waals surface area contributed by atoms with Crippen molar-refractivity contribution in [2.24, 2.45) is 17.3 Å². The fourth-order valence-electron chi connectivity index (χ4n) is 6.50. The molecule has 9 atom stereocenters. The van der Waals surface area contributed by atoms with E-state index in [1.807, 2.05) is 6.92 Å². The van der Waals surface area contributed by atoms with Crippen LogP contribution < -0.4 is 0 Å². The van der Waals surface area contributed by atoms with Gasteiger partial charge in [0.1, 0.15) is 29.8 Å². The number of esters is 3. The molecule has 2 bridgehead atoms. The van der Waals surface area contributed by atoms with Crippen LogP contribution in [0.25, 0.3) is 0 Å². The first-order chi connectivity index (χ1) is 12.9. The minimum atomic E-state index is -1.46. The standard InChI is InChI=1S/C19H24O9/c1-7(20)25-12-11-9(16(3,4)23)10(15(22)26-11)19(28-8(2)21)14-13(27-14)18(6-24-18)17(12,19)5/h9-14,23H,6H2,1-5H3/t9?,10?,11?,12-,13+,14-,17-,18+,19-/m0/s1. The van der Waals surface area contributed by atoms with Crippen LogP contribution in [0, 0.1) is 17.3 Å². The lowest BCUT2D eigenvalue weighted by Crippen LogP contribution is -2.74. The highest BCUT2D eigenvalue weighted by Crippen LogP contribution is 2.77. The number of fused-ring (bicyclic) bond motifs is 8. The summed E-state index contributed by atoms with van der Waals surface area (Å²) < 4.78 is 29.0. The molecule has 2 aliphatic carbocycles. The van der Waals surface area contributed by atoms with Gasteiger partial charge in [-0.1, -0.05) is 0 Å². The van der Waals surface area contributed by atoms with Gasteiger partial charge in [0.15, 0.2) is 11.7 Å². The Morgan fingerprint density at radius 2 is 1.86 bits per heavy atom. The Labute approximate surface area is 161 Å². The monoisotopic (exact) mass is 396 g/mol. The number of rotatable bonds is 3. The van der Waals surface area contributed by atoms with E-state index in [4.69, 9.17) is 23.7 Å². The number of aliphatic hydroxyl groups is 1. The van der Waals surface area contributed by atoms with E-state index in [2.05, 4.69) is 0 Å². The van der Waals surface area contributed by atoms with Crippen LogP contribution in [0.5, 0.6) is 0 Å². The van der Waals surface area contributed by atoms with E-state index in [1.165, 1.54) is 13.8 Å². The zero-order chi connectivity index (χ0) is 20.4. The Kier molecular flexibility index (Phi) is 3.19. The molecule has 5 aliphatic rings. The molecular weight excluding hydrogens is 372 g/mol. The highest BCUT2D eigenvalue weighted by molar-refractivity contribution is 5.81. The molecule has 1 spiro atoms. The molecule has 1 N–H and O–H groups in total. The molecule has 9 nitrogen and oxygen atoms in total. The van der Waals surface area contributed by atoms with E-state index >= 15 is 0 Å². The third kappa shape index (κ3) is 1.77. The first-order valence-electron chi connectivity index (χ1n) is 9.51. The fourth-order valence-corrected chi connectivity index (χ4v) is 6.50. The van der Waals surface area contributed by atoms with Gasteiger partial charge < -0.3 is 28.8 Å². The van der Waals surface area contributed by atoms with Gasteiger partial charge in [-0.3, -0.25) is 14.4 Å². The molecule has 3 unspecified atom stereocenters. The summed E-state index contributed by atoms with van der Waals surface area (Å²) in [5.41, 5.74) is -4.72. The van der Waals surface area contributed by atoms with Crippen molar-refractivity contribution in [2.75, 3.05) is 6.61 Å². The zero-order valence-electron chi connectivity index (χ0n) is 16.4. The quantitative estimate of drug-likeness (QED) is 0.389. The van der Waals surface area contributed by atoms with Crippen LogP contribution in [0.2, 0.25) is 0 Å². The molecule has 0 aromatic rings. The Balaban J connectivity index is 1.78. The van der Waals surface area contributed by atoms with Crippen molar-refractivity contribution >= 4 is 17.9 Å². The molecule has 0 aromatic carbocycles. The van der Waals surface area contributed by atoms with Gasteiger partial charge in [0, 0.05) is 19.8 Å².